The van der Waals surface area contributed by atoms with Gasteiger partial charge in [0, 0.05) is 18.5 Å². The van der Waals surface area contributed by atoms with Gasteiger partial charge in [0.1, 0.15) is 5.82 Å². The summed E-state index contributed by atoms with van der Waals surface area (Å²) < 4.78 is 13.1. The number of nitrogens with one attached hydrogen (secondary N) is 1. The number of hydrogen-bond acceptors (Lipinski definition) is 2. The smallest absolute Gasteiger partial charge is 0.303 e. The van der Waals surface area contributed by atoms with Crippen molar-refractivity contribution < 1.29 is 14.3 Å². The molecule has 2 aromatic carbocycles. The molecule has 0 bridgehead atoms. The zero-order valence-electron chi connectivity index (χ0n) is 14.9. The molecule has 2 N–H and O–H groups in total. The average Bonchev–Trinajstić information content (AvgIpc) is 3.09. The maximum absolute atomic E-state index is 13.1. The molecule has 0 amide bonds. The van der Waals surface area contributed by atoms with E-state index in [-0.39, 0.29) is 18.3 Å². The van der Waals surface area contributed by atoms with Crippen molar-refractivity contribution in [2.45, 2.75) is 56.5 Å². The highest BCUT2D eigenvalue weighted by molar-refractivity contribution is 5.66. The second kappa shape index (κ2) is 8.95. The molecule has 0 aromatic heterocycles. The lowest BCUT2D eigenvalue weighted by molar-refractivity contribution is -0.137. The van der Waals surface area contributed by atoms with Gasteiger partial charge in [0.05, 0.1) is 0 Å². The van der Waals surface area contributed by atoms with Gasteiger partial charge >= 0.3 is 5.97 Å². The number of benzene rings is 2. The Morgan fingerprint density at radius 2 is 1.85 bits per heavy atom. The number of rotatable bonds is 8. The fraction of sp³-hybridized carbons (Fsp3) is 0.409. The standard InChI is InChI=1S/C22H26FNO2/c23-19-9-6-17(7-10-19)18-8-11-21(15-18)24-20(12-13-22(25)26)14-16-4-2-1-3-5-16/h1-7,9-10,18,20-21,24H,8,11-15H2,(H,25,26). The van der Waals surface area contributed by atoms with Gasteiger partial charge in [-0.15, -0.1) is 0 Å². The first-order valence-corrected chi connectivity index (χ1v) is 9.37. The van der Waals surface area contributed by atoms with E-state index in [1.807, 2.05) is 30.3 Å². The van der Waals surface area contributed by atoms with E-state index in [2.05, 4.69) is 17.4 Å². The molecular weight excluding hydrogens is 329 g/mol. The Kier molecular flexibility index (Phi) is 6.40. The van der Waals surface area contributed by atoms with E-state index in [0.717, 1.165) is 25.7 Å². The molecule has 3 atom stereocenters. The number of halogens is 1. The first-order valence-electron chi connectivity index (χ1n) is 9.37. The van der Waals surface area contributed by atoms with E-state index >= 15 is 0 Å². The predicted molar refractivity (Wildman–Crippen MR) is 101 cm³/mol. The van der Waals surface area contributed by atoms with Crippen LogP contribution in [0.4, 0.5) is 4.39 Å². The van der Waals surface area contributed by atoms with E-state index in [0.29, 0.717) is 18.4 Å². The first-order chi connectivity index (χ1) is 12.6. The second-order valence-electron chi connectivity index (χ2n) is 7.24. The summed E-state index contributed by atoms with van der Waals surface area (Å²) in [7, 11) is 0. The summed E-state index contributed by atoms with van der Waals surface area (Å²) in [5, 5.41) is 12.7. The topological polar surface area (TPSA) is 49.3 Å². The molecule has 26 heavy (non-hydrogen) atoms. The van der Waals surface area contributed by atoms with Crippen molar-refractivity contribution in [2.75, 3.05) is 0 Å². The Hall–Kier alpha value is -2.20. The third kappa shape index (κ3) is 5.40. The van der Waals surface area contributed by atoms with Crippen LogP contribution in [0.15, 0.2) is 54.6 Å². The molecule has 2 aromatic rings. The normalized spacial score (nSPS) is 20.8. The molecule has 4 heteroatoms. The fourth-order valence-electron chi connectivity index (χ4n) is 3.94. The Balaban J connectivity index is 1.59. The van der Waals surface area contributed by atoms with Crippen LogP contribution in [-0.2, 0) is 11.2 Å². The molecule has 1 aliphatic carbocycles. The minimum Gasteiger partial charge on any atom is -0.481 e. The van der Waals surface area contributed by atoms with Crippen molar-refractivity contribution in [3.63, 3.8) is 0 Å². The number of carbonyl (C=O) groups is 1. The Morgan fingerprint density at radius 1 is 1.12 bits per heavy atom. The van der Waals surface area contributed by atoms with Crippen LogP contribution in [0.2, 0.25) is 0 Å². The molecule has 138 valence electrons. The molecular formula is C22H26FNO2. The van der Waals surface area contributed by atoms with Crippen LogP contribution in [0.25, 0.3) is 0 Å². The number of carboxylic acids is 1. The minimum absolute atomic E-state index is 0.158. The van der Waals surface area contributed by atoms with Crippen LogP contribution in [0, 0.1) is 5.82 Å². The van der Waals surface area contributed by atoms with Crippen molar-refractivity contribution in [2.24, 2.45) is 0 Å². The highest BCUT2D eigenvalue weighted by Crippen LogP contribution is 2.35. The van der Waals surface area contributed by atoms with Crippen molar-refractivity contribution in [3.05, 3.63) is 71.5 Å². The maximum Gasteiger partial charge on any atom is 0.303 e. The number of aliphatic carboxylic acids is 1. The van der Waals surface area contributed by atoms with Crippen LogP contribution < -0.4 is 5.32 Å². The molecule has 0 saturated heterocycles. The van der Waals surface area contributed by atoms with E-state index in [1.54, 1.807) is 0 Å². The van der Waals surface area contributed by atoms with Gasteiger partial charge in [0.25, 0.3) is 0 Å². The van der Waals surface area contributed by atoms with Gasteiger partial charge in [0.15, 0.2) is 0 Å². The fourth-order valence-corrected chi connectivity index (χ4v) is 3.94. The highest BCUT2D eigenvalue weighted by Gasteiger charge is 2.27. The number of hydrogen-bond donors (Lipinski definition) is 2. The highest BCUT2D eigenvalue weighted by atomic mass is 19.1. The van der Waals surface area contributed by atoms with E-state index in [1.165, 1.54) is 23.3 Å². The third-order valence-electron chi connectivity index (χ3n) is 5.28. The summed E-state index contributed by atoms with van der Waals surface area (Å²) in [6.45, 7) is 0. The molecule has 0 radical (unpaired) electrons. The van der Waals surface area contributed by atoms with Crippen molar-refractivity contribution in [3.8, 4) is 0 Å². The molecule has 1 fully saturated rings. The van der Waals surface area contributed by atoms with Crippen molar-refractivity contribution >= 4 is 5.97 Å². The monoisotopic (exact) mass is 355 g/mol. The van der Waals surface area contributed by atoms with E-state index in [9.17, 15) is 9.18 Å². The molecule has 1 aliphatic rings. The molecule has 0 spiro atoms. The Bertz CT molecular complexity index is 702. The molecule has 3 rings (SSSR count). The molecule has 1 saturated carbocycles. The zero-order valence-corrected chi connectivity index (χ0v) is 14.9. The van der Waals surface area contributed by atoms with Crippen LogP contribution in [0.5, 0.6) is 0 Å². The van der Waals surface area contributed by atoms with Crippen LogP contribution in [0.3, 0.4) is 0 Å². The third-order valence-corrected chi connectivity index (χ3v) is 5.28. The van der Waals surface area contributed by atoms with Crippen LogP contribution in [0.1, 0.15) is 49.1 Å². The molecule has 3 nitrogen and oxygen atoms in total. The Labute approximate surface area is 154 Å². The van der Waals surface area contributed by atoms with Crippen LogP contribution in [-0.4, -0.2) is 23.2 Å². The van der Waals surface area contributed by atoms with Gasteiger partial charge in [0.2, 0.25) is 0 Å². The van der Waals surface area contributed by atoms with E-state index < -0.39 is 5.97 Å². The maximum atomic E-state index is 13.1. The van der Waals surface area contributed by atoms with Gasteiger partial charge in [-0.2, -0.15) is 0 Å². The summed E-state index contributed by atoms with van der Waals surface area (Å²) >= 11 is 0. The van der Waals surface area contributed by atoms with Gasteiger partial charge in [-0.3, -0.25) is 4.79 Å². The predicted octanol–water partition coefficient (Wildman–Crippen LogP) is 4.53. The van der Waals surface area contributed by atoms with Crippen LogP contribution >= 0.6 is 0 Å². The van der Waals surface area contributed by atoms with Crippen molar-refractivity contribution in [1.29, 1.82) is 0 Å². The number of carboxylic acid groups (broad SMARTS) is 1. The lowest BCUT2D eigenvalue weighted by Crippen LogP contribution is -2.38. The van der Waals surface area contributed by atoms with Gasteiger partial charge < -0.3 is 10.4 Å². The summed E-state index contributed by atoms with van der Waals surface area (Å²) in [6, 6.07) is 17.6. The Morgan fingerprint density at radius 3 is 2.54 bits per heavy atom. The minimum atomic E-state index is -0.750. The average molecular weight is 355 g/mol. The summed E-state index contributed by atoms with van der Waals surface area (Å²) in [4.78, 5) is 11.0. The second-order valence-corrected chi connectivity index (χ2v) is 7.24. The summed E-state index contributed by atoms with van der Waals surface area (Å²) in [5.41, 5.74) is 2.42. The van der Waals surface area contributed by atoms with Gasteiger partial charge in [-0.1, -0.05) is 42.5 Å². The lowest BCUT2D eigenvalue weighted by atomic mass is 9.97. The van der Waals surface area contributed by atoms with Gasteiger partial charge in [-0.25, -0.2) is 4.39 Å². The summed E-state index contributed by atoms with van der Waals surface area (Å²) in [6.07, 6.45) is 4.82. The van der Waals surface area contributed by atoms with E-state index in [4.69, 9.17) is 5.11 Å². The van der Waals surface area contributed by atoms with Gasteiger partial charge in [-0.05, 0) is 61.3 Å². The first kappa shape index (κ1) is 18.6. The largest absolute Gasteiger partial charge is 0.481 e. The molecule has 3 unspecified atom stereocenters. The molecule has 0 aliphatic heterocycles. The van der Waals surface area contributed by atoms with Crippen molar-refractivity contribution in [1.82, 2.24) is 5.32 Å². The summed E-state index contributed by atoms with van der Waals surface area (Å²) in [5.74, 6) is -0.497. The molecule has 0 heterocycles. The SMILES string of the molecule is O=C(O)CCC(Cc1ccccc1)NC1CCC(c2ccc(F)cc2)C1. The zero-order chi connectivity index (χ0) is 18.4. The lowest BCUT2D eigenvalue weighted by Gasteiger charge is -2.23. The quantitative estimate of drug-likeness (QED) is 0.731.